The molecule has 6 nitrogen and oxygen atoms in total. The van der Waals surface area contributed by atoms with E-state index in [0.29, 0.717) is 12.8 Å². The average Bonchev–Trinajstić information content (AvgIpc) is 3.09. The van der Waals surface area contributed by atoms with Crippen LogP contribution in [-0.4, -0.2) is 40.4 Å². The van der Waals surface area contributed by atoms with Gasteiger partial charge in [-0.3, -0.25) is 14.3 Å². The van der Waals surface area contributed by atoms with Gasteiger partial charge in [0.15, 0.2) is 5.78 Å². The van der Waals surface area contributed by atoms with Crippen LogP contribution in [0.3, 0.4) is 0 Å². The lowest BCUT2D eigenvalue weighted by Gasteiger charge is -2.05. The minimum Gasteiger partial charge on any atom is -0.469 e. The van der Waals surface area contributed by atoms with Crippen LogP contribution in [0.4, 0.5) is 0 Å². The fourth-order valence-electron chi connectivity index (χ4n) is 3.53. The van der Waals surface area contributed by atoms with Crippen molar-refractivity contribution < 1.29 is 19.4 Å². The second-order valence-corrected chi connectivity index (χ2v) is 8.21. The topological polar surface area (TPSA) is 81.4 Å². The van der Waals surface area contributed by atoms with Crippen molar-refractivity contribution in [3.8, 4) is 0 Å². The molecule has 32 heavy (non-hydrogen) atoms. The molecule has 0 atom stereocenters. The van der Waals surface area contributed by atoms with Crippen LogP contribution < -0.4 is 0 Å². The predicted octanol–water partition coefficient (Wildman–Crippen LogP) is 5.35. The Morgan fingerprint density at radius 2 is 1.81 bits per heavy atom. The fraction of sp³-hybridized carbons (Fsp3) is 0.654. The number of ketones is 1. The maximum atomic E-state index is 12.2. The van der Waals surface area contributed by atoms with Crippen LogP contribution >= 0.6 is 0 Å². The van der Waals surface area contributed by atoms with Crippen LogP contribution in [0, 0.1) is 6.92 Å². The van der Waals surface area contributed by atoms with E-state index in [1.54, 1.807) is 6.08 Å². The van der Waals surface area contributed by atoms with E-state index >= 15 is 0 Å². The van der Waals surface area contributed by atoms with Crippen molar-refractivity contribution in [3.05, 3.63) is 35.2 Å². The number of esters is 1. The van der Waals surface area contributed by atoms with Crippen molar-refractivity contribution in [2.75, 3.05) is 13.7 Å². The highest BCUT2D eigenvalue weighted by atomic mass is 16.5. The number of carbonyl (C=O) groups is 2. The van der Waals surface area contributed by atoms with Crippen LogP contribution in [0.15, 0.2) is 18.2 Å². The molecule has 6 heteroatoms. The smallest absolute Gasteiger partial charge is 0.305 e. The van der Waals surface area contributed by atoms with Gasteiger partial charge in [-0.15, -0.1) is 0 Å². The van der Waals surface area contributed by atoms with E-state index in [2.05, 4.69) is 30.7 Å². The molecule has 1 aromatic heterocycles. The first-order chi connectivity index (χ1) is 15.5. The highest BCUT2D eigenvalue weighted by Gasteiger charge is 2.12. The molecule has 1 heterocycles. The summed E-state index contributed by atoms with van der Waals surface area (Å²) in [7, 11) is 1.41. The highest BCUT2D eigenvalue weighted by molar-refractivity contribution is 5.93. The number of aliphatic hydroxyl groups is 1. The third-order valence-corrected chi connectivity index (χ3v) is 5.56. The van der Waals surface area contributed by atoms with Crippen molar-refractivity contribution in [2.24, 2.45) is 0 Å². The van der Waals surface area contributed by atoms with E-state index < -0.39 is 0 Å². The number of unbranched alkanes of at least 4 members (excludes halogenated alkanes) is 6. The van der Waals surface area contributed by atoms with Gasteiger partial charge in [-0.1, -0.05) is 44.8 Å². The van der Waals surface area contributed by atoms with Gasteiger partial charge >= 0.3 is 5.97 Å². The van der Waals surface area contributed by atoms with Gasteiger partial charge in [0.2, 0.25) is 0 Å². The fourth-order valence-corrected chi connectivity index (χ4v) is 3.53. The molecule has 0 spiro atoms. The molecule has 0 aliphatic heterocycles. The lowest BCUT2D eigenvalue weighted by molar-refractivity contribution is -0.140. The number of carbonyl (C=O) groups excluding carboxylic acids is 2. The monoisotopic (exact) mass is 446 g/mol. The molecule has 0 saturated carbocycles. The zero-order valence-electron chi connectivity index (χ0n) is 20.3. The second-order valence-electron chi connectivity index (χ2n) is 8.21. The summed E-state index contributed by atoms with van der Waals surface area (Å²) in [6.45, 7) is 5.31. The maximum absolute atomic E-state index is 12.2. The Morgan fingerprint density at radius 3 is 2.53 bits per heavy atom. The molecule has 0 aliphatic carbocycles. The highest BCUT2D eigenvalue weighted by Crippen LogP contribution is 2.18. The van der Waals surface area contributed by atoms with Crippen molar-refractivity contribution in [2.45, 2.75) is 97.4 Å². The van der Waals surface area contributed by atoms with Crippen LogP contribution in [-0.2, 0) is 27.3 Å². The number of rotatable bonds is 18. The maximum Gasteiger partial charge on any atom is 0.305 e. The quantitative estimate of drug-likeness (QED) is 0.142. The third-order valence-electron chi connectivity index (χ3n) is 5.56. The summed E-state index contributed by atoms with van der Waals surface area (Å²) in [5, 5.41) is 13.7. The number of hydrogen-bond donors (Lipinski definition) is 1. The normalized spacial score (nSPS) is 11.6. The minimum absolute atomic E-state index is 0.152. The molecule has 1 aromatic rings. The molecule has 0 unspecified atom stereocenters. The third kappa shape index (κ3) is 11.4. The Balaban J connectivity index is 2.78. The average molecular weight is 447 g/mol. The van der Waals surface area contributed by atoms with E-state index in [1.165, 1.54) is 7.11 Å². The summed E-state index contributed by atoms with van der Waals surface area (Å²) in [4.78, 5) is 23.4. The Labute approximate surface area is 193 Å². The Kier molecular flexibility index (Phi) is 15.1. The van der Waals surface area contributed by atoms with Crippen LogP contribution in [0.5, 0.6) is 0 Å². The van der Waals surface area contributed by atoms with Crippen LogP contribution in [0.1, 0.15) is 94.5 Å². The number of methoxy groups -OCH3 is 1. The van der Waals surface area contributed by atoms with Crippen LogP contribution in [0.25, 0.3) is 6.08 Å². The Morgan fingerprint density at radius 1 is 1.03 bits per heavy atom. The number of hydrogen-bond acceptors (Lipinski definition) is 5. The van der Waals surface area contributed by atoms with Crippen molar-refractivity contribution in [3.63, 3.8) is 0 Å². The van der Waals surface area contributed by atoms with Gasteiger partial charge in [0.05, 0.1) is 12.8 Å². The molecular formula is C26H42N2O4. The second kappa shape index (κ2) is 17.4. The van der Waals surface area contributed by atoms with E-state index in [-0.39, 0.29) is 18.4 Å². The zero-order valence-corrected chi connectivity index (χ0v) is 20.3. The summed E-state index contributed by atoms with van der Waals surface area (Å²) < 4.78 is 6.71. The molecular weight excluding hydrogens is 404 g/mol. The first kappa shape index (κ1) is 27.8. The molecule has 1 N–H and O–H groups in total. The Bertz CT molecular complexity index is 734. The first-order valence-corrected chi connectivity index (χ1v) is 12.1. The zero-order chi connectivity index (χ0) is 23.6. The SMILES string of the molecule is CCCCCC(=O)C=Cc1nn(CCCCCCO)c(C)c1CC=CCCCC(=O)OC. The van der Waals surface area contributed by atoms with E-state index in [4.69, 9.17) is 10.2 Å². The summed E-state index contributed by atoms with van der Waals surface area (Å²) in [6, 6.07) is 0. The number of aryl methyl sites for hydroxylation is 1. The predicted molar refractivity (Wildman–Crippen MR) is 129 cm³/mol. The standard InChI is InChI=1S/C26H42N2O4/c1-4-5-10-15-23(30)18-19-25-24(16-11-6-7-12-17-26(31)32-3)22(2)28(27-25)20-13-8-9-14-21-29/h6,11,18-19,29H,4-5,7-10,12-17,20-21H2,1-3H3. The molecule has 0 aromatic carbocycles. The van der Waals surface area contributed by atoms with Gasteiger partial charge < -0.3 is 9.84 Å². The summed E-state index contributed by atoms with van der Waals surface area (Å²) in [5.74, 6) is -0.0236. The lowest BCUT2D eigenvalue weighted by atomic mass is 10.1. The van der Waals surface area contributed by atoms with Gasteiger partial charge in [0.1, 0.15) is 0 Å². The summed E-state index contributed by atoms with van der Waals surface area (Å²) in [6.07, 6.45) is 18.2. The van der Waals surface area contributed by atoms with E-state index in [9.17, 15) is 9.59 Å². The van der Waals surface area contributed by atoms with Crippen LogP contribution in [0.2, 0.25) is 0 Å². The van der Waals surface area contributed by atoms with Gasteiger partial charge in [-0.25, -0.2) is 0 Å². The molecule has 1 rings (SSSR count). The van der Waals surface area contributed by atoms with Gasteiger partial charge in [0, 0.05) is 37.3 Å². The van der Waals surface area contributed by atoms with Crippen molar-refractivity contribution in [1.29, 1.82) is 0 Å². The molecule has 180 valence electrons. The van der Waals surface area contributed by atoms with Gasteiger partial charge in [-0.05, 0) is 57.6 Å². The van der Waals surface area contributed by atoms with Gasteiger partial charge in [0.25, 0.3) is 0 Å². The lowest BCUT2D eigenvalue weighted by Crippen LogP contribution is -2.03. The number of aliphatic hydroxyl groups excluding tert-OH is 1. The first-order valence-electron chi connectivity index (χ1n) is 12.1. The van der Waals surface area contributed by atoms with Gasteiger partial charge in [-0.2, -0.15) is 5.10 Å². The number of allylic oxidation sites excluding steroid dienone is 3. The molecule has 0 bridgehead atoms. The van der Waals surface area contributed by atoms with E-state index in [0.717, 1.165) is 87.7 Å². The minimum atomic E-state index is -0.175. The van der Waals surface area contributed by atoms with Crippen molar-refractivity contribution >= 4 is 17.8 Å². The molecule has 0 saturated heterocycles. The molecule has 0 aliphatic rings. The number of ether oxygens (including phenoxy) is 1. The molecule has 0 amide bonds. The van der Waals surface area contributed by atoms with E-state index in [1.807, 2.05) is 10.8 Å². The molecule has 0 radical (unpaired) electrons. The Hall–Kier alpha value is -2.21. The molecule has 0 fully saturated rings. The number of aromatic nitrogens is 2. The summed E-state index contributed by atoms with van der Waals surface area (Å²) >= 11 is 0. The number of nitrogens with zero attached hydrogens (tertiary/aromatic N) is 2. The largest absolute Gasteiger partial charge is 0.469 e. The summed E-state index contributed by atoms with van der Waals surface area (Å²) in [5.41, 5.74) is 3.13. The van der Waals surface area contributed by atoms with Crippen molar-refractivity contribution in [1.82, 2.24) is 9.78 Å².